The number of ketones is 1. The summed E-state index contributed by atoms with van der Waals surface area (Å²) in [5, 5.41) is 0. The van der Waals surface area contributed by atoms with Crippen LogP contribution in [0.3, 0.4) is 0 Å². The van der Waals surface area contributed by atoms with Gasteiger partial charge in [0, 0.05) is 0 Å². The van der Waals surface area contributed by atoms with Gasteiger partial charge in [0.15, 0.2) is 5.78 Å². The van der Waals surface area contributed by atoms with E-state index >= 15 is 0 Å². The molecule has 0 N–H and O–H groups in total. The molecule has 0 unspecified atom stereocenters. The van der Waals surface area contributed by atoms with Gasteiger partial charge in [-0.1, -0.05) is 60.7 Å². The summed E-state index contributed by atoms with van der Waals surface area (Å²) in [4.78, 5) is 14.0. The van der Waals surface area contributed by atoms with Crippen LogP contribution >= 0.6 is 7.60 Å². The minimum absolute atomic E-state index is 0.109. The van der Waals surface area contributed by atoms with Gasteiger partial charge in [0.05, 0.1) is 29.7 Å². The number of benzene rings is 2. The number of Topliss-reactive ketones (excluding diaryl/α,β-unsaturated/α-hetero) is 1. The molecule has 1 saturated carbocycles. The Bertz CT molecular complexity index is 1020. The molecular formula is C25H29O4P. The van der Waals surface area contributed by atoms with E-state index < -0.39 is 24.1 Å². The molecule has 0 aromatic heterocycles. The van der Waals surface area contributed by atoms with E-state index in [9.17, 15) is 9.36 Å². The van der Waals surface area contributed by atoms with Crippen LogP contribution in [0.15, 0.2) is 60.7 Å². The Morgan fingerprint density at radius 2 is 1.33 bits per heavy atom. The lowest BCUT2D eigenvalue weighted by atomic mass is 9.73. The van der Waals surface area contributed by atoms with Crippen LogP contribution < -0.4 is 0 Å². The van der Waals surface area contributed by atoms with Crippen molar-refractivity contribution < 1.29 is 18.4 Å². The van der Waals surface area contributed by atoms with Crippen molar-refractivity contribution in [3.63, 3.8) is 0 Å². The largest absolute Gasteiger partial charge is 0.335 e. The summed E-state index contributed by atoms with van der Waals surface area (Å²) in [7, 11) is -3.49. The third kappa shape index (κ3) is 2.89. The molecule has 2 aliphatic rings. The second kappa shape index (κ2) is 7.60. The number of hydrogen-bond acceptors (Lipinski definition) is 4. The number of allylic oxidation sites excluding steroid dienone is 2. The molecule has 0 spiro atoms. The first-order valence-electron chi connectivity index (χ1n) is 10.6. The monoisotopic (exact) mass is 424 g/mol. The highest BCUT2D eigenvalue weighted by Gasteiger charge is 2.71. The molecule has 4 nitrogen and oxygen atoms in total. The minimum atomic E-state index is -3.49. The van der Waals surface area contributed by atoms with Crippen LogP contribution in [0, 0.1) is 10.8 Å². The number of carbonyl (C=O) groups excluding carboxylic acids is 1. The predicted octanol–water partition coefficient (Wildman–Crippen LogP) is 6.23. The Hall–Kier alpha value is -2.00. The topological polar surface area (TPSA) is 52.6 Å². The predicted molar refractivity (Wildman–Crippen MR) is 120 cm³/mol. The van der Waals surface area contributed by atoms with E-state index in [0.29, 0.717) is 6.42 Å². The van der Waals surface area contributed by atoms with E-state index in [0.717, 1.165) is 22.3 Å². The fourth-order valence-corrected chi connectivity index (χ4v) is 8.18. The Balaban J connectivity index is 2.01. The number of fused-ring (bicyclic) bond motifs is 2. The molecule has 30 heavy (non-hydrogen) atoms. The Morgan fingerprint density at radius 1 is 0.867 bits per heavy atom. The molecule has 158 valence electrons. The summed E-state index contributed by atoms with van der Waals surface area (Å²) in [5.74, 6) is 0.109. The van der Waals surface area contributed by atoms with Crippen LogP contribution in [0.2, 0.25) is 0 Å². The molecule has 0 radical (unpaired) electrons. The van der Waals surface area contributed by atoms with Crippen molar-refractivity contribution in [1.29, 1.82) is 0 Å². The zero-order chi connectivity index (χ0) is 21.6. The molecule has 1 fully saturated rings. The third-order valence-corrected chi connectivity index (χ3v) is 9.39. The van der Waals surface area contributed by atoms with Gasteiger partial charge in [-0.3, -0.25) is 9.36 Å². The summed E-state index contributed by atoms with van der Waals surface area (Å²) in [6.45, 7) is 8.12. The van der Waals surface area contributed by atoms with E-state index in [2.05, 4.69) is 12.1 Å². The highest BCUT2D eigenvalue weighted by Crippen LogP contribution is 2.76. The lowest BCUT2D eigenvalue weighted by molar-refractivity contribution is -0.126. The van der Waals surface area contributed by atoms with Gasteiger partial charge < -0.3 is 9.05 Å². The molecule has 4 rings (SSSR count). The van der Waals surface area contributed by atoms with E-state index in [4.69, 9.17) is 9.05 Å². The van der Waals surface area contributed by atoms with Crippen LogP contribution in [-0.2, 0) is 18.4 Å². The van der Waals surface area contributed by atoms with Crippen molar-refractivity contribution in [2.24, 2.45) is 10.8 Å². The standard InChI is InChI=1S/C25H29O4P/c1-5-28-30(27,29-6-2)20-17-24(3)21(18-13-9-7-10-14-18)22(25(20,4)23(24)26)19-15-11-8-12-16-19/h7-16,20H,5-6,17H2,1-4H3/t20-,24-,25+/m1/s1. The maximum absolute atomic E-state index is 14.0. The van der Waals surface area contributed by atoms with Crippen molar-refractivity contribution in [2.75, 3.05) is 13.2 Å². The van der Waals surface area contributed by atoms with Gasteiger partial charge in [0.25, 0.3) is 0 Å². The first-order chi connectivity index (χ1) is 14.3. The highest BCUT2D eigenvalue weighted by molar-refractivity contribution is 7.54. The SMILES string of the molecule is CCOP(=O)(OCC)[C@@H]1C[C@@]2(C)C(=O)[C@]1(C)C(c1ccccc1)=C2c1ccccc1. The summed E-state index contributed by atoms with van der Waals surface area (Å²) >= 11 is 0. The molecule has 2 aromatic carbocycles. The molecule has 2 aromatic rings. The number of carbonyl (C=O) groups is 1. The van der Waals surface area contributed by atoms with Crippen molar-refractivity contribution in [3.8, 4) is 0 Å². The van der Waals surface area contributed by atoms with Crippen molar-refractivity contribution in [3.05, 3.63) is 71.8 Å². The summed E-state index contributed by atoms with van der Waals surface area (Å²) in [6, 6.07) is 20.1. The van der Waals surface area contributed by atoms with Gasteiger partial charge in [-0.15, -0.1) is 0 Å². The molecule has 0 saturated heterocycles. The maximum atomic E-state index is 14.0. The molecule has 0 heterocycles. The van der Waals surface area contributed by atoms with E-state index in [1.54, 1.807) is 0 Å². The highest BCUT2D eigenvalue weighted by atomic mass is 31.2. The van der Waals surface area contributed by atoms with Crippen LogP contribution in [-0.4, -0.2) is 24.7 Å². The molecule has 5 heteroatoms. The van der Waals surface area contributed by atoms with Crippen LogP contribution in [0.5, 0.6) is 0 Å². The van der Waals surface area contributed by atoms with Gasteiger partial charge >= 0.3 is 7.60 Å². The van der Waals surface area contributed by atoms with Gasteiger partial charge in [-0.25, -0.2) is 0 Å². The van der Waals surface area contributed by atoms with Crippen LogP contribution in [0.4, 0.5) is 0 Å². The average Bonchev–Trinajstić information content (AvgIpc) is 3.06. The summed E-state index contributed by atoms with van der Waals surface area (Å²) < 4.78 is 25.4. The maximum Gasteiger partial charge on any atom is 0.335 e. The molecule has 2 aliphatic carbocycles. The minimum Gasteiger partial charge on any atom is -0.309 e. The quantitative estimate of drug-likeness (QED) is 0.494. The third-order valence-electron chi connectivity index (χ3n) is 6.69. The smallest absolute Gasteiger partial charge is 0.309 e. The fraction of sp³-hybridized carbons (Fsp3) is 0.400. The lowest BCUT2D eigenvalue weighted by Crippen LogP contribution is -2.34. The van der Waals surface area contributed by atoms with Gasteiger partial charge in [-0.2, -0.15) is 0 Å². The molecule has 3 atom stereocenters. The van der Waals surface area contributed by atoms with Crippen molar-refractivity contribution in [1.82, 2.24) is 0 Å². The summed E-state index contributed by atoms with van der Waals surface area (Å²) in [5.41, 5.74) is 1.83. The van der Waals surface area contributed by atoms with E-state index in [1.165, 1.54) is 0 Å². The second-order valence-electron chi connectivity index (χ2n) is 8.44. The van der Waals surface area contributed by atoms with Crippen LogP contribution in [0.25, 0.3) is 11.1 Å². The second-order valence-corrected chi connectivity index (χ2v) is 10.7. The molecule has 2 bridgehead atoms. The zero-order valence-corrected chi connectivity index (χ0v) is 18.9. The van der Waals surface area contributed by atoms with Gasteiger partial charge in [0.2, 0.25) is 0 Å². The van der Waals surface area contributed by atoms with Gasteiger partial charge in [0.1, 0.15) is 0 Å². The Morgan fingerprint density at radius 3 is 1.80 bits per heavy atom. The number of hydrogen-bond donors (Lipinski definition) is 0. The normalized spacial score (nSPS) is 28.4. The lowest BCUT2D eigenvalue weighted by Gasteiger charge is -2.38. The zero-order valence-electron chi connectivity index (χ0n) is 18.1. The van der Waals surface area contributed by atoms with Crippen molar-refractivity contribution in [2.45, 2.75) is 39.8 Å². The first-order valence-corrected chi connectivity index (χ1v) is 12.2. The van der Waals surface area contributed by atoms with Gasteiger partial charge in [-0.05, 0) is 56.4 Å². The fourth-order valence-electron chi connectivity index (χ4n) is 5.56. The number of rotatable bonds is 7. The molecule has 0 amide bonds. The van der Waals surface area contributed by atoms with Crippen LogP contribution in [0.1, 0.15) is 45.2 Å². The first kappa shape index (κ1) is 21.2. The average molecular weight is 424 g/mol. The Kier molecular flexibility index (Phi) is 5.38. The molecular weight excluding hydrogens is 395 g/mol. The Labute approximate surface area is 178 Å². The van der Waals surface area contributed by atoms with Crippen molar-refractivity contribution >= 4 is 24.5 Å². The van der Waals surface area contributed by atoms with E-state index in [1.807, 2.05) is 76.2 Å². The van der Waals surface area contributed by atoms with E-state index in [-0.39, 0.29) is 19.0 Å². The molecule has 0 aliphatic heterocycles. The summed E-state index contributed by atoms with van der Waals surface area (Å²) in [6.07, 6.45) is 0.459.